The molecule has 0 heterocycles. The molecule has 1 N–H and O–H groups in total. The van der Waals surface area contributed by atoms with E-state index in [1.807, 2.05) is 0 Å². The Morgan fingerprint density at radius 3 is 2.09 bits per heavy atom. The first-order chi connectivity index (χ1) is 10.6. The van der Waals surface area contributed by atoms with Crippen molar-refractivity contribution in [2.45, 2.75) is 44.8 Å². The van der Waals surface area contributed by atoms with Gasteiger partial charge in [0.05, 0.1) is 17.1 Å². The maximum absolute atomic E-state index is 12.6. The molecule has 0 amide bonds. The minimum Gasteiger partial charge on any atom is -0.298 e. The molecule has 0 saturated heterocycles. The summed E-state index contributed by atoms with van der Waals surface area (Å²) >= 11 is 1.00. The molecule has 1 aromatic carbocycles. The average molecular weight is 381 g/mol. The topological polar surface area (TPSA) is 81.7 Å². The van der Waals surface area contributed by atoms with Crippen LogP contribution >= 0.6 is 18.2 Å². The average Bonchev–Trinajstić information content (AvgIpc) is 2.43. The zero-order valence-corrected chi connectivity index (χ0v) is 16.3. The highest BCUT2D eigenvalue weighted by Crippen LogP contribution is 2.61. The van der Waals surface area contributed by atoms with E-state index in [-0.39, 0.29) is 29.4 Å². The number of benzene rings is 1. The highest BCUT2D eigenvalue weighted by atomic mass is 32.7. The van der Waals surface area contributed by atoms with Gasteiger partial charge in [-0.25, -0.2) is 17.7 Å². The van der Waals surface area contributed by atoms with Crippen molar-refractivity contribution in [3.8, 4) is 0 Å². The second-order valence-corrected chi connectivity index (χ2v) is 11.2. The maximum Gasteiger partial charge on any atom is 0.389 e. The van der Waals surface area contributed by atoms with Gasteiger partial charge in [0.2, 0.25) is 10.0 Å². The zero-order chi connectivity index (χ0) is 17.5. The van der Waals surface area contributed by atoms with Gasteiger partial charge in [-0.05, 0) is 51.2 Å². The molecule has 0 unspecified atom stereocenters. The van der Waals surface area contributed by atoms with Crippen molar-refractivity contribution >= 4 is 28.2 Å². The van der Waals surface area contributed by atoms with Gasteiger partial charge in [0.15, 0.2) is 0 Å². The van der Waals surface area contributed by atoms with Crippen molar-refractivity contribution in [3.05, 3.63) is 30.3 Å². The third-order valence-corrected chi connectivity index (χ3v) is 7.93. The molecule has 23 heavy (non-hydrogen) atoms. The molecule has 0 aliphatic carbocycles. The predicted octanol–water partition coefficient (Wildman–Crippen LogP) is 3.66. The van der Waals surface area contributed by atoms with Crippen LogP contribution in [0.25, 0.3) is 0 Å². The van der Waals surface area contributed by atoms with Crippen molar-refractivity contribution in [1.82, 2.24) is 4.72 Å². The van der Waals surface area contributed by atoms with Crippen LogP contribution in [0.15, 0.2) is 35.2 Å². The molecule has 0 atom stereocenters. The molecular formula is C14H24NO5PS2. The lowest BCUT2D eigenvalue weighted by atomic mass is 10.4. The van der Waals surface area contributed by atoms with Gasteiger partial charge in [-0.2, -0.15) is 0 Å². The van der Waals surface area contributed by atoms with Gasteiger partial charge in [-0.3, -0.25) is 9.05 Å². The second kappa shape index (κ2) is 9.20. The van der Waals surface area contributed by atoms with E-state index >= 15 is 0 Å². The smallest absolute Gasteiger partial charge is 0.298 e. The van der Waals surface area contributed by atoms with Crippen LogP contribution in [0.2, 0.25) is 0 Å². The Hall–Kier alpha value is -0.370. The van der Waals surface area contributed by atoms with Gasteiger partial charge in [-0.15, -0.1) is 0 Å². The van der Waals surface area contributed by atoms with E-state index in [9.17, 15) is 13.0 Å². The molecule has 0 spiro atoms. The van der Waals surface area contributed by atoms with Crippen LogP contribution in [0.4, 0.5) is 0 Å². The highest BCUT2D eigenvalue weighted by Gasteiger charge is 2.28. The minimum atomic E-state index is -3.56. The Morgan fingerprint density at radius 2 is 1.61 bits per heavy atom. The fraction of sp³-hybridized carbons (Fsp3) is 0.571. The fourth-order valence-corrected chi connectivity index (χ4v) is 6.76. The first kappa shape index (κ1) is 20.7. The van der Waals surface area contributed by atoms with Crippen molar-refractivity contribution in [2.75, 3.05) is 12.3 Å². The number of rotatable bonds is 10. The molecule has 0 fully saturated rings. The van der Waals surface area contributed by atoms with Crippen LogP contribution in [0.3, 0.4) is 0 Å². The summed E-state index contributed by atoms with van der Waals surface area (Å²) in [5, 5.41) is 0. The lowest BCUT2D eigenvalue weighted by Gasteiger charge is -2.21. The Balaban J connectivity index is 2.55. The Bertz CT molecular complexity index is 605. The van der Waals surface area contributed by atoms with Gasteiger partial charge in [0.1, 0.15) is 0 Å². The van der Waals surface area contributed by atoms with E-state index in [2.05, 4.69) is 4.72 Å². The molecular weight excluding hydrogens is 357 g/mol. The Labute approximate surface area is 142 Å². The van der Waals surface area contributed by atoms with E-state index in [1.54, 1.807) is 45.9 Å². The van der Waals surface area contributed by atoms with Gasteiger partial charge in [0.25, 0.3) is 0 Å². The molecule has 1 aromatic rings. The monoisotopic (exact) mass is 381 g/mol. The normalized spacial score (nSPS) is 13.0. The molecule has 6 nitrogen and oxygen atoms in total. The number of sulfonamides is 1. The third-order valence-electron chi connectivity index (χ3n) is 2.38. The van der Waals surface area contributed by atoms with Gasteiger partial charge in [-0.1, -0.05) is 18.2 Å². The minimum absolute atomic E-state index is 0.134. The lowest BCUT2D eigenvalue weighted by molar-refractivity contribution is 0.156. The summed E-state index contributed by atoms with van der Waals surface area (Å²) in [5.41, 5.74) is 0. The van der Waals surface area contributed by atoms with Gasteiger partial charge >= 0.3 is 6.80 Å². The maximum atomic E-state index is 12.6. The van der Waals surface area contributed by atoms with E-state index < -0.39 is 16.8 Å². The molecule has 1 rings (SSSR count). The second-order valence-electron chi connectivity index (χ2n) is 5.30. The highest BCUT2D eigenvalue weighted by molar-refractivity contribution is 8.55. The quantitative estimate of drug-likeness (QED) is 0.492. The third kappa shape index (κ3) is 7.83. The number of nitrogens with one attached hydrogen (secondary N) is 1. The first-order valence-electron chi connectivity index (χ1n) is 7.31. The van der Waals surface area contributed by atoms with Crippen LogP contribution in [0, 0.1) is 0 Å². The summed E-state index contributed by atoms with van der Waals surface area (Å²) in [6.45, 7) is 3.92. The Kier molecular flexibility index (Phi) is 8.27. The Morgan fingerprint density at radius 1 is 1.09 bits per heavy atom. The molecule has 0 bridgehead atoms. The standard InChI is InChI=1S/C14H24NO5PS2/c1-12(2)19-21(16,20-13(3)4)22-11-10-15-23(17,18)14-8-6-5-7-9-14/h5-9,12-13,15H,10-11H2,1-4H3. The molecule has 0 aliphatic heterocycles. The fourth-order valence-electron chi connectivity index (χ4n) is 1.62. The van der Waals surface area contributed by atoms with Crippen molar-refractivity contribution in [1.29, 1.82) is 0 Å². The summed E-state index contributed by atoms with van der Waals surface area (Å²) in [5.74, 6) is 0.281. The molecule has 0 radical (unpaired) electrons. The van der Waals surface area contributed by atoms with E-state index in [1.165, 1.54) is 12.1 Å². The van der Waals surface area contributed by atoms with Crippen LogP contribution in [0.1, 0.15) is 27.7 Å². The SMILES string of the molecule is CC(C)OP(=O)(OC(C)C)SCCNS(=O)(=O)c1ccccc1. The summed E-state index contributed by atoms with van der Waals surface area (Å²) in [6.07, 6.45) is -0.485. The van der Waals surface area contributed by atoms with E-state index in [4.69, 9.17) is 9.05 Å². The van der Waals surface area contributed by atoms with Crippen LogP contribution in [-0.2, 0) is 23.6 Å². The van der Waals surface area contributed by atoms with E-state index in [0.717, 1.165) is 11.4 Å². The molecule has 0 aliphatic rings. The van der Waals surface area contributed by atoms with Crippen LogP contribution in [-0.4, -0.2) is 32.9 Å². The summed E-state index contributed by atoms with van der Waals surface area (Å²) < 4.78 is 49.9. The van der Waals surface area contributed by atoms with Gasteiger partial charge < -0.3 is 0 Å². The summed E-state index contributed by atoms with van der Waals surface area (Å²) in [7, 11) is -3.56. The zero-order valence-electron chi connectivity index (χ0n) is 13.8. The van der Waals surface area contributed by atoms with Gasteiger partial charge in [0, 0.05) is 12.3 Å². The largest absolute Gasteiger partial charge is 0.389 e. The van der Waals surface area contributed by atoms with Crippen LogP contribution in [0.5, 0.6) is 0 Å². The first-order valence-corrected chi connectivity index (χ1v) is 11.9. The lowest BCUT2D eigenvalue weighted by Crippen LogP contribution is -2.26. The molecule has 9 heteroatoms. The van der Waals surface area contributed by atoms with Crippen molar-refractivity contribution in [2.24, 2.45) is 0 Å². The predicted molar refractivity (Wildman–Crippen MR) is 94.1 cm³/mol. The summed E-state index contributed by atoms with van der Waals surface area (Å²) in [4.78, 5) is 0.199. The molecule has 0 aromatic heterocycles. The summed E-state index contributed by atoms with van der Waals surface area (Å²) in [6, 6.07) is 8.10. The number of hydrogen-bond acceptors (Lipinski definition) is 6. The molecule has 0 saturated carbocycles. The number of hydrogen-bond donors (Lipinski definition) is 1. The van der Waals surface area contributed by atoms with Crippen molar-refractivity contribution < 1.29 is 22.0 Å². The molecule has 132 valence electrons. The van der Waals surface area contributed by atoms with Crippen molar-refractivity contribution in [3.63, 3.8) is 0 Å². The van der Waals surface area contributed by atoms with Crippen LogP contribution < -0.4 is 4.72 Å². The van der Waals surface area contributed by atoms with E-state index in [0.29, 0.717) is 0 Å².